The van der Waals surface area contributed by atoms with Gasteiger partial charge in [-0.3, -0.25) is 4.79 Å². The number of nitrogens with one attached hydrogen (secondary N) is 1. The van der Waals surface area contributed by atoms with Gasteiger partial charge in [0.25, 0.3) is 10.0 Å². The fourth-order valence-corrected chi connectivity index (χ4v) is 5.85. The number of nitrogen functional groups attached to an aromatic ring is 1. The van der Waals surface area contributed by atoms with Crippen molar-refractivity contribution in [3.8, 4) is 5.75 Å². The van der Waals surface area contributed by atoms with Crippen LogP contribution in [0.25, 0.3) is 0 Å². The van der Waals surface area contributed by atoms with Crippen LogP contribution in [0.5, 0.6) is 5.75 Å². The van der Waals surface area contributed by atoms with Crippen molar-refractivity contribution in [1.29, 1.82) is 0 Å². The van der Waals surface area contributed by atoms with E-state index in [9.17, 15) is 13.2 Å². The normalized spacial score (nSPS) is 14.6. The van der Waals surface area contributed by atoms with E-state index in [1.165, 1.54) is 11.4 Å². The Morgan fingerprint density at radius 2 is 1.96 bits per heavy atom. The Morgan fingerprint density at radius 1 is 1.26 bits per heavy atom. The summed E-state index contributed by atoms with van der Waals surface area (Å²) in [4.78, 5) is 12.9. The molecule has 0 unspecified atom stereocenters. The molecule has 148 valence electrons. The maximum Gasteiger partial charge on any atom is 0.252 e. The van der Waals surface area contributed by atoms with Gasteiger partial charge < -0.3 is 15.8 Å². The molecule has 1 aromatic heterocycles. The van der Waals surface area contributed by atoms with Crippen molar-refractivity contribution >= 4 is 51.0 Å². The molecule has 1 aliphatic rings. The quantitative estimate of drug-likeness (QED) is 0.684. The Hall–Kier alpha value is -1.81. The number of ether oxygens (including phenoxy) is 1. The number of methoxy groups -OCH3 is 1. The molecule has 3 rings (SSSR count). The van der Waals surface area contributed by atoms with Crippen LogP contribution >= 0.6 is 23.7 Å². The molecular formula is C17H22ClN3O4S2. The van der Waals surface area contributed by atoms with Crippen molar-refractivity contribution in [3.63, 3.8) is 0 Å². The van der Waals surface area contributed by atoms with Gasteiger partial charge in [-0.25, -0.2) is 8.42 Å². The Bertz CT molecular complexity index is 909. The summed E-state index contributed by atoms with van der Waals surface area (Å²) in [5.41, 5.74) is 6.82. The minimum absolute atomic E-state index is 0. The number of nitrogens with zero attached hydrogens (tertiary/aromatic N) is 1. The number of rotatable bonds is 6. The minimum Gasteiger partial charge on any atom is -0.495 e. The van der Waals surface area contributed by atoms with Crippen LogP contribution in [-0.2, 0) is 21.2 Å². The number of hydrogen-bond acceptors (Lipinski definition) is 6. The number of carbonyl (C=O) groups excluding carboxylic acids is 1. The second kappa shape index (κ2) is 8.92. The number of anilines is 2. The number of carbonyl (C=O) groups is 1. The third kappa shape index (κ3) is 4.92. The summed E-state index contributed by atoms with van der Waals surface area (Å²) in [6, 6.07) is 8.26. The molecule has 1 amide bonds. The monoisotopic (exact) mass is 431 g/mol. The zero-order chi connectivity index (χ0) is 18.7. The van der Waals surface area contributed by atoms with Gasteiger partial charge in [0.2, 0.25) is 5.91 Å². The second-order valence-electron chi connectivity index (χ2n) is 6.01. The predicted molar refractivity (Wildman–Crippen MR) is 109 cm³/mol. The standard InChI is InChI=1S/C17H21N3O4S2.ClH/c1-24-15-6-4-12(10-14(15)18)19-16(21)11-13-5-7-17(25-13)26(22,23)20-8-2-3-9-20;/h4-7,10H,2-3,8-9,11,18H2,1H3,(H,19,21);1H. The fourth-order valence-electron chi connectivity index (χ4n) is 2.82. The van der Waals surface area contributed by atoms with Crippen molar-refractivity contribution in [2.45, 2.75) is 23.5 Å². The molecule has 1 aliphatic heterocycles. The lowest BCUT2D eigenvalue weighted by molar-refractivity contribution is -0.115. The summed E-state index contributed by atoms with van der Waals surface area (Å²) in [5, 5.41) is 2.76. The number of hydrogen-bond donors (Lipinski definition) is 2. The van der Waals surface area contributed by atoms with Crippen LogP contribution in [0.3, 0.4) is 0 Å². The molecule has 0 spiro atoms. The van der Waals surface area contributed by atoms with E-state index < -0.39 is 10.0 Å². The third-order valence-corrected chi connectivity index (χ3v) is 7.60. The Morgan fingerprint density at radius 3 is 2.59 bits per heavy atom. The van der Waals surface area contributed by atoms with Crippen molar-refractivity contribution < 1.29 is 17.9 Å². The van der Waals surface area contributed by atoms with E-state index in [0.717, 1.165) is 24.2 Å². The third-order valence-electron chi connectivity index (χ3n) is 4.14. The molecule has 0 atom stereocenters. The number of amides is 1. The summed E-state index contributed by atoms with van der Waals surface area (Å²) in [6.07, 6.45) is 1.89. The lowest BCUT2D eigenvalue weighted by Crippen LogP contribution is -2.27. The van der Waals surface area contributed by atoms with Crippen LogP contribution in [0.2, 0.25) is 0 Å². The summed E-state index contributed by atoms with van der Waals surface area (Å²) in [5.74, 6) is 0.305. The van der Waals surface area contributed by atoms with Gasteiger partial charge in [0.1, 0.15) is 9.96 Å². The van der Waals surface area contributed by atoms with Crippen LogP contribution in [0.4, 0.5) is 11.4 Å². The fraction of sp³-hybridized carbons (Fsp3) is 0.353. The van der Waals surface area contributed by atoms with Crippen LogP contribution < -0.4 is 15.8 Å². The lowest BCUT2D eigenvalue weighted by atomic mass is 10.2. The van der Waals surface area contributed by atoms with Crippen LogP contribution in [0.1, 0.15) is 17.7 Å². The molecule has 2 heterocycles. The van der Waals surface area contributed by atoms with E-state index >= 15 is 0 Å². The number of nitrogens with two attached hydrogens (primary N) is 1. The second-order valence-corrected chi connectivity index (χ2v) is 9.35. The maximum absolute atomic E-state index is 12.5. The highest BCUT2D eigenvalue weighted by molar-refractivity contribution is 7.91. The average Bonchev–Trinajstić information content (AvgIpc) is 3.27. The van der Waals surface area contributed by atoms with E-state index in [4.69, 9.17) is 10.5 Å². The Kier molecular flexibility index (Phi) is 7.10. The SMILES string of the molecule is COc1ccc(NC(=O)Cc2ccc(S(=O)(=O)N3CCCC3)s2)cc1N.Cl. The molecule has 0 bridgehead atoms. The number of halogens is 1. The molecule has 1 fully saturated rings. The van der Waals surface area contributed by atoms with Gasteiger partial charge in [-0.1, -0.05) is 0 Å². The average molecular weight is 432 g/mol. The zero-order valence-electron chi connectivity index (χ0n) is 14.8. The first-order chi connectivity index (χ1) is 12.4. The van der Waals surface area contributed by atoms with Crippen molar-refractivity contribution in [1.82, 2.24) is 4.31 Å². The predicted octanol–water partition coefficient (Wildman–Crippen LogP) is 2.73. The molecular weight excluding hydrogens is 410 g/mol. The molecule has 10 heteroatoms. The molecule has 1 saturated heterocycles. The Balaban J connectivity index is 0.00000261. The van der Waals surface area contributed by atoms with Gasteiger partial charge in [-0.2, -0.15) is 4.31 Å². The first kappa shape index (κ1) is 21.5. The van der Waals surface area contributed by atoms with E-state index in [2.05, 4.69) is 5.32 Å². The van der Waals surface area contributed by atoms with E-state index in [-0.39, 0.29) is 28.9 Å². The molecule has 0 saturated carbocycles. The van der Waals surface area contributed by atoms with Gasteiger partial charge in [0.05, 0.1) is 19.2 Å². The molecule has 7 nitrogen and oxygen atoms in total. The highest BCUT2D eigenvalue weighted by Gasteiger charge is 2.28. The van der Waals surface area contributed by atoms with Crippen LogP contribution in [0, 0.1) is 0 Å². The maximum atomic E-state index is 12.5. The molecule has 2 aromatic rings. The zero-order valence-corrected chi connectivity index (χ0v) is 17.3. The molecule has 0 aliphatic carbocycles. The largest absolute Gasteiger partial charge is 0.495 e. The summed E-state index contributed by atoms with van der Waals surface area (Å²) >= 11 is 1.14. The molecule has 0 radical (unpaired) electrons. The minimum atomic E-state index is -3.44. The lowest BCUT2D eigenvalue weighted by Gasteiger charge is -2.13. The van der Waals surface area contributed by atoms with Gasteiger partial charge in [-0.05, 0) is 43.2 Å². The van der Waals surface area contributed by atoms with Crippen LogP contribution in [0.15, 0.2) is 34.5 Å². The van der Waals surface area contributed by atoms with Crippen molar-refractivity contribution in [2.75, 3.05) is 31.2 Å². The smallest absolute Gasteiger partial charge is 0.252 e. The van der Waals surface area contributed by atoms with Crippen molar-refractivity contribution in [3.05, 3.63) is 35.2 Å². The van der Waals surface area contributed by atoms with E-state index in [1.807, 2.05) is 0 Å². The first-order valence-corrected chi connectivity index (χ1v) is 10.5. The van der Waals surface area contributed by atoms with E-state index in [0.29, 0.717) is 35.1 Å². The van der Waals surface area contributed by atoms with Gasteiger partial charge >= 0.3 is 0 Å². The van der Waals surface area contributed by atoms with Gasteiger partial charge in [0.15, 0.2) is 0 Å². The summed E-state index contributed by atoms with van der Waals surface area (Å²) in [7, 11) is -1.91. The molecule has 1 aromatic carbocycles. The van der Waals surface area contributed by atoms with Crippen molar-refractivity contribution in [2.24, 2.45) is 0 Å². The summed E-state index contributed by atoms with van der Waals surface area (Å²) < 4.78 is 31.9. The molecule has 27 heavy (non-hydrogen) atoms. The Labute approximate surface area is 169 Å². The van der Waals surface area contributed by atoms with Crippen LogP contribution in [-0.4, -0.2) is 38.8 Å². The number of thiophene rings is 1. The number of benzene rings is 1. The highest BCUT2D eigenvalue weighted by Crippen LogP contribution is 2.28. The molecule has 3 N–H and O–H groups in total. The number of sulfonamides is 1. The topological polar surface area (TPSA) is 102 Å². The summed E-state index contributed by atoms with van der Waals surface area (Å²) in [6.45, 7) is 1.13. The van der Waals surface area contributed by atoms with Gasteiger partial charge in [-0.15, -0.1) is 23.7 Å². The first-order valence-electron chi connectivity index (χ1n) is 8.22. The van der Waals surface area contributed by atoms with Gasteiger partial charge in [0, 0.05) is 23.7 Å². The highest BCUT2D eigenvalue weighted by atomic mass is 35.5. The van der Waals surface area contributed by atoms with E-state index in [1.54, 1.807) is 30.3 Å².